The molecule has 6 heteroatoms. The van der Waals surface area contributed by atoms with Gasteiger partial charge in [-0.05, 0) is 38.0 Å². The number of hydrogen-bond acceptors (Lipinski definition) is 2. The minimum Gasteiger partial charge on any atom is -0.481 e. The normalized spacial score (nSPS) is 11.7. The molecule has 0 aromatic heterocycles. The Morgan fingerprint density at radius 2 is 2.11 bits per heavy atom. The van der Waals surface area contributed by atoms with Crippen LogP contribution in [0.25, 0.3) is 0 Å². The van der Waals surface area contributed by atoms with E-state index in [9.17, 15) is 14.0 Å². The van der Waals surface area contributed by atoms with Gasteiger partial charge in [-0.25, -0.2) is 9.18 Å². The summed E-state index contributed by atoms with van der Waals surface area (Å²) in [7, 11) is 0. The van der Waals surface area contributed by atoms with E-state index in [4.69, 9.17) is 5.11 Å². The second-order valence-electron chi connectivity index (χ2n) is 4.40. The molecule has 19 heavy (non-hydrogen) atoms. The van der Waals surface area contributed by atoms with E-state index in [2.05, 4.69) is 10.6 Å². The lowest BCUT2D eigenvalue weighted by molar-refractivity contribution is -0.137. The third kappa shape index (κ3) is 5.37. The van der Waals surface area contributed by atoms with Crippen LogP contribution in [-0.4, -0.2) is 23.1 Å². The van der Waals surface area contributed by atoms with Crippen molar-refractivity contribution in [1.82, 2.24) is 5.32 Å². The highest BCUT2D eigenvalue weighted by Crippen LogP contribution is 2.13. The number of hydrogen-bond donors (Lipinski definition) is 3. The smallest absolute Gasteiger partial charge is 0.319 e. The standard InChI is InChI=1S/C13H17FN2O3/c1-8-3-5-10(7-11(8)14)16-13(19)15-9(2)4-6-12(17)18/h3,5,7,9H,4,6H2,1-2H3,(H,17,18)(H2,15,16,19). The first-order chi connectivity index (χ1) is 8.88. The van der Waals surface area contributed by atoms with Crippen molar-refractivity contribution in [3.8, 4) is 0 Å². The van der Waals surface area contributed by atoms with E-state index in [-0.39, 0.29) is 12.5 Å². The number of carboxylic acid groups (broad SMARTS) is 1. The van der Waals surface area contributed by atoms with Crippen molar-refractivity contribution in [2.45, 2.75) is 32.7 Å². The topological polar surface area (TPSA) is 78.4 Å². The summed E-state index contributed by atoms with van der Waals surface area (Å²) in [6.07, 6.45) is 0.325. The van der Waals surface area contributed by atoms with Gasteiger partial charge in [-0.15, -0.1) is 0 Å². The van der Waals surface area contributed by atoms with E-state index in [0.717, 1.165) is 0 Å². The number of carbonyl (C=O) groups is 2. The summed E-state index contributed by atoms with van der Waals surface area (Å²) in [4.78, 5) is 22.0. The van der Waals surface area contributed by atoms with Gasteiger partial charge in [-0.1, -0.05) is 6.07 Å². The van der Waals surface area contributed by atoms with Gasteiger partial charge in [-0.3, -0.25) is 4.79 Å². The number of aliphatic carboxylic acids is 1. The molecular formula is C13H17FN2O3. The lowest BCUT2D eigenvalue weighted by Crippen LogP contribution is -2.36. The van der Waals surface area contributed by atoms with Crippen LogP contribution < -0.4 is 10.6 Å². The predicted octanol–water partition coefficient (Wildman–Crippen LogP) is 2.51. The highest BCUT2D eigenvalue weighted by molar-refractivity contribution is 5.89. The van der Waals surface area contributed by atoms with Gasteiger partial charge in [0.05, 0.1) is 0 Å². The third-order valence-electron chi connectivity index (χ3n) is 2.60. The van der Waals surface area contributed by atoms with E-state index in [1.165, 1.54) is 6.07 Å². The molecule has 0 aliphatic heterocycles. The van der Waals surface area contributed by atoms with E-state index in [1.54, 1.807) is 26.0 Å². The molecule has 0 saturated heterocycles. The van der Waals surface area contributed by atoms with Crippen molar-refractivity contribution in [3.63, 3.8) is 0 Å². The van der Waals surface area contributed by atoms with Gasteiger partial charge in [0.1, 0.15) is 5.82 Å². The Labute approximate surface area is 110 Å². The number of aryl methyl sites for hydroxylation is 1. The zero-order valence-corrected chi connectivity index (χ0v) is 10.9. The van der Waals surface area contributed by atoms with E-state index in [1.807, 2.05) is 0 Å². The molecule has 1 aromatic carbocycles. The Morgan fingerprint density at radius 3 is 2.68 bits per heavy atom. The van der Waals surface area contributed by atoms with Crippen LogP contribution in [0.5, 0.6) is 0 Å². The number of halogens is 1. The van der Waals surface area contributed by atoms with Crippen molar-refractivity contribution >= 4 is 17.7 Å². The first-order valence-corrected chi connectivity index (χ1v) is 5.94. The summed E-state index contributed by atoms with van der Waals surface area (Å²) in [5.41, 5.74) is 0.854. The SMILES string of the molecule is Cc1ccc(NC(=O)NC(C)CCC(=O)O)cc1F. The molecule has 1 atom stereocenters. The van der Waals surface area contributed by atoms with Gasteiger partial charge in [-0.2, -0.15) is 0 Å². The van der Waals surface area contributed by atoms with Crippen molar-refractivity contribution in [3.05, 3.63) is 29.6 Å². The molecule has 0 aliphatic rings. The van der Waals surface area contributed by atoms with Crippen LogP contribution in [0, 0.1) is 12.7 Å². The molecule has 2 amide bonds. The summed E-state index contributed by atoms with van der Waals surface area (Å²) in [6.45, 7) is 3.34. The minimum atomic E-state index is -0.908. The van der Waals surface area contributed by atoms with Gasteiger partial charge in [0, 0.05) is 18.2 Å². The van der Waals surface area contributed by atoms with E-state index in [0.29, 0.717) is 17.7 Å². The second kappa shape index (κ2) is 6.72. The predicted molar refractivity (Wildman–Crippen MR) is 69.6 cm³/mol. The maximum Gasteiger partial charge on any atom is 0.319 e. The Kier molecular flexibility index (Phi) is 5.29. The summed E-state index contributed by atoms with van der Waals surface area (Å²) < 4.78 is 13.3. The summed E-state index contributed by atoms with van der Waals surface area (Å²) in [6, 6.07) is 3.64. The number of amides is 2. The number of anilines is 1. The summed E-state index contributed by atoms with van der Waals surface area (Å²) in [5, 5.41) is 13.6. The molecule has 0 radical (unpaired) electrons. The average Bonchev–Trinajstić information content (AvgIpc) is 2.31. The van der Waals surface area contributed by atoms with Crippen LogP contribution in [0.1, 0.15) is 25.3 Å². The van der Waals surface area contributed by atoms with Crippen LogP contribution in [0.4, 0.5) is 14.9 Å². The lowest BCUT2D eigenvalue weighted by atomic mass is 10.2. The Hall–Kier alpha value is -2.11. The van der Waals surface area contributed by atoms with E-state index < -0.39 is 17.8 Å². The third-order valence-corrected chi connectivity index (χ3v) is 2.60. The van der Waals surface area contributed by atoms with Crippen LogP contribution >= 0.6 is 0 Å². The molecule has 0 saturated carbocycles. The molecule has 0 bridgehead atoms. The molecule has 0 aliphatic carbocycles. The van der Waals surface area contributed by atoms with Gasteiger partial charge < -0.3 is 15.7 Å². The Morgan fingerprint density at radius 1 is 1.42 bits per heavy atom. The van der Waals surface area contributed by atoms with Gasteiger partial charge in [0.25, 0.3) is 0 Å². The Balaban J connectivity index is 2.46. The van der Waals surface area contributed by atoms with Crippen molar-refractivity contribution in [2.24, 2.45) is 0 Å². The molecule has 3 N–H and O–H groups in total. The number of urea groups is 1. The molecule has 5 nitrogen and oxygen atoms in total. The zero-order chi connectivity index (χ0) is 14.4. The van der Waals surface area contributed by atoms with Crippen LogP contribution in [-0.2, 0) is 4.79 Å². The van der Waals surface area contributed by atoms with E-state index >= 15 is 0 Å². The lowest BCUT2D eigenvalue weighted by Gasteiger charge is -2.13. The number of carbonyl (C=O) groups excluding carboxylic acids is 1. The van der Waals surface area contributed by atoms with Gasteiger partial charge >= 0.3 is 12.0 Å². The second-order valence-corrected chi connectivity index (χ2v) is 4.40. The first-order valence-electron chi connectivity index (χ1n) is 5.94. The van der Waals surface area contributed by atoms with Gasteiger partial charge in [0.15, 0.2) is 0 Å². The van der Waals surface area contributed by atoms with Crippen LogP contribution in [0.3, 0.4) is 0 Å². The van der Waals surface area contributed by atoms with Crippen LogP contribution in [0.2, 0.25) is 0 Å². The fraction of sp³-hybridized carbons (Fsp3) is 0.385. The molecule has 104 valence electrons. The first kappa shape index (κ1) is 14.9. The summed E-state index contributed by atoms with van der Waals surface area (Å²) in [5.74, 6) is -1.30. The van der Waals surface area contributed by atoms with Crippen LogP contribution in [0.15, 0.2) is 18.2 Å². The minimum absolute atomic E-state index is 0.0133. The fourth-order valence-electron chi connectivity index (χ4n) is 1.47. The highest BCUT2D eigenvalue weighted by Gasteiger charge is 2.09. The molecule has 1 rings (SSSR count). The summed E-state index contributed by atoms with van der Waals surface area (Å²) >= 11 is 0. The largest absolute Gasteiger partial charge is 0.481 e. The zero-order valence-electron chi connectivity index (χ0n) is 10.9. The molecule has 1 aromatic rings. The maximum atomic E-state index is 13.3. The van der Waals surface area contributed by atoms with Crippen molar-refractivity contribution < 1.29 is 19.1 Å². The quantitative estimate of drug-likeness (QED) is 0.767. The fourth-order valence-corrected chi connectivity index (χ4v) is 1.47. The molecular weight excluding hydrogens is 251 g/mol. The molecule has 0 fully saturated rings. The average molecular weight is 268 g/mol. The monoisotopic (exact) mass is 268 g/mol. The maximum absolute atomic E-state index is 13.3. The Bertz CT molecular complexity index is 477. The molecule has 0 spiro atoms. The number of carboxylic acids is 1. The van der Waals surface area contributed by atoms with Gasteiger partial charge in [0.2, 0.25) is 0 Å². The number of nitrogens with one attached hydrogen (secondary N) is 2. The number of rotatable bonds is 5. The number of benzene rings is 1. The van der Waals surface area contributed by atoms with Crippen molar-refractivity contribution in [2.75, 3.05) is 5.32 Å². The molecule has 1 unspecified atom stereocenters. The van der Waals surface area contributed by atoms with Crippen molar-refractivity contribution in [1.29, 1.82) is 0 Å². The molecule has 0 heterocycles. The highest BCUT2D eigenvalue weighted by atomic mass is 19.1.